The maximum Gasteiger partial charge on any atom is 0.432 e. The second kappa shape index (κ2) is 14.9. The van der Waals surface area contributed by atoms with Gasteiger partial charge in [0.1, 0.15) is 17.3 Å². The zero-order valence-corrected chi connectivity index (χ0v) is 30.2. The Kier molecular flexibility index (Phi) is 12.2. The lowest BCUT2D eigenvalue weighted by atomic mass is 9.81. The molecule has 2 unspecified atom stereocenters. The predicted octanol–water partition coefficient (Wildman–Crippen LogP) is 10.9. The molecular formula is C32H21F21O7S. The van der Waals surface area contributed by atoms with Crippen LogP contribution in [0.4, 0.5) is 92.2 Å². The summed E-state index contributed by atoms with van der Waals surface area (Å²) >= 11 is 0. The fourth-order valence-corrected chi connectivity index (χ4v) is 7.15. The molecule has 7 nitrogen and oxygen atoms in total. The molecule has 0 saturated heterocycles. The molecule has 0 amide bonds. The Labute approximate surface area is 324 Å². The van der Waals surface area contributed by atoms with E-state index in [2.05, 4.69) is 4.74 Å². The van der Waals surface area contributed by atoms with Gasteiger partial charge in [0.05, 0.1) is 24.4 Å². The van der Waals surface area contributed by atoms with E-state index in [1.807, 2.05) is 0 Å². The van der Waals surface area contributed by atoms with E-state index in [0.29, 0.717) is 13.8 Å². The third kappa shape index (κ3) is 8.40. The summed E-state index contributed by atoms with van der Waals surface area (Å²) in [5.74, 6) is -9.25. The average Bonchev–Trinajstić information content (AvgIpc) is 3.05. The van der Waals surface area contributed by atoms with Crippen LogP contribution in [0.25, 0.3) is 32.3 Å². The molecule has 4 rings (SSSR count). The smallest absolute Gasteiger partial charge is 0.374 e. The van der Waals surface area contributed by atoms with Crippen molar-refractivity contribution in [1.29, 1.82) is 0 Å². The van der Waals surface area contributed by atoms with Crippen molar-refractivity contribution in [2.45, 2.75) is 91.6 Å². The van der Waals surface area contributed by atoms with E-state index >= 15 is 13.2 Å². The van der Waals surface area contributed by atoms with E-state index < -0.39 is 180 Å². The first kappa shape index (κ1) is 49.9. The van der Waals surface area contributed by atoms with Gasteiger partial charge in [-0.1, -0.05) is 0 Å². The van der Waals surface area contributed by atoms with Gasteiger partial charge in [0.2, 0.25) is 0 Å². The summed E-state index contributed by atoms with van der Waals surface area (Å²) in [6.07, 6.45) is -46.9. The molecule has 0 saturated carbocycles. The van der Waals surface area contributed by atoms with Crippen LogP contribution in [-0.4, -0.2) is 78.5 Å². The largest absolute Gasteiger partial charge is 0.432 e. The zero-order valence-electron chi connectivity index (χ0n) is 29.4. The number of ether oxygens (including phenoxy) is 2. The molecule has 344 valence electrons. The quantitative estimate of drug-likeness (QED) is 0.0780. The predicted molar refractivity (Wildman–Crippen MR) is 162 cm³/mol. The SMILES string of the molecule is CC(OCC(F)(F)F)c1cc2c(C(F)(F)F)cc(S(=O)(=O)O)c3c(F)c(C(C)OCCC(O)(C(F)(F)F)C(F)(F)F)c4cc(C(F)(F)C(O)(C(F)(F)F)C(F)(F)F)cc1c4c23. The van der Waals surface area contributed by atoms with Gasteiger partial charge in [-0.15, -0.1) is 0 Å². The Morgan fingerprint density at radius 2 is 1.11 bits per heavy atom. The van der Waals surface area contributed by atoms with Gasteiger partial charge in [0.25, 0.3) is 15.7 Å². The molecule has 3 N–H and O–H groups in total. The summed E-state index contributed by atoms with van der Waals surface area (Å²) in [4.78, 5) is -2.11. The van der Waals surface area contributed by atoms with Crippen molar-refractivity contribution in [2.24, 2.45) is 0 Å². The van der Waals surface area contributed by atoms with Crippen LogP contribution in [0.15, 0.2) is 29.2 Å². The average molecular weight is 949 g/mol. The molecule has 0 spiro atoms. The van der Waals surface area contributed by atoms with Crippen molar-refractivity contribution in [1.82, 2.24) is 0 Å². The normalized spacial score (nSPS) is 16.0. The molecule has 0 aliphatic heterocycles. The third-order valence-corrected chi connectivity index (χ3v) is 10.3. The standard InChI is InChI=1S/C32H21F21O7S/c1-10(60-9-25(34,35)36)13-7-15-17(27(39,40)41)8-18(61(56,57)58)22-21(15)20-14(13)5-12(26(37,38)28(55,31(48,49)50)32(51,52)53)6-16(20)19(23(22)33)11(2)59-4-3-24(54,29(42,43)44)30(45,46)47/h5-8,10-11,54-55H,3-4,9H2,1-2H3,(H,56,57,58). The number of halogens is 21. The van der Waals surface area contributed by atoms with Crippen LogP contribution in [0.1, 0.15) is 54.7 Å². The highest BCUT2D eigenvalue weighted by atomic mass is 32.2. The second-order valence-electron chi connectivity index (χ2n) is 13.3. The summed E-state index contributed by atoms with van der Waals surface area (Å²) in [6.45, 7) is -3.59. The fourth-order valence-electron chi connectivity index (χ4n) is 6.44. The van der Waals surface area contributed by atoms with Gasteiger partial charge in [-0.2, -0.15) is 96.2 Å². The van der Waals surface area contributed by atoms with Crippen LogP contribution in [0.2, 0.25) is 0 Å². The van der Waals surface area contributed by atoms with Crippen LogP contribution in [0.5, 0.6) is 0 Å². The van der Waals surface area contributed by atoms with E-state index in [0.717, 1.165) is 0 Å². The minimum absolute atomic E-state index is 0.0253. The minimum atomic E-state index is -7.43. The van der Waals surface area contributed by atoms with Crippen molar-refractivity contribution >= 4 is 42.4 Å². The first-order valence-electron chi connectivity index (χ1n) is 15.9. The van der Waals surface area contributed by atoms with E-state index in [1.165, 1.54) is 0 Å². The molecule has 0 fully saturated rings. The van der Waals surface area contributed by atoms with E-state index in [-0.39, 0.29) is 6.07 Å². The van der Waals surface area contributed by atoms with Crippen LogP contribution in [-0.2, 0) is 31.7 Å². The highest BCUT2D eigenvalue weighted by molar-refractivity contribution is 7.86. The summed E-state index contributed by atoms with van der Waals surface area (Å²) < 4.78 is 339. The van der Waals surface area contributed by atoms with Crippen molar-refractivity contribution in [2.75, 3.05) is 13.2 Å². The second-order valence-corrected chi connectivity index (χ2v) is 14.7. The third-order valence-electron chi connectivity index (χ3n) is 9.41. The minimum Gasteiger partial charge on any atom is -0.374 e. The Morgan fingerprint density at radius 3 is 1.54 bits per heavy atom. The van der Waals surface area contributed by atoms with Crippen LogP contribution in [0, 0.1) is 5.82 Å². The molecule has 0 radical (unpaired) electrons. The van der Waals surface area contributed by atoms with Gasteiger partial charge in [-0.25, -0.2) is 4.39 Å². The molecule has 0 aromatic heterocycles. The van der Waals surface area contributed by atoms with Crippen molar-refractivity contribution in [3.8, 4) is 0 Å². The molecule has 0 heterocycles. The lowest BCUT2D eigenvalue weighted by molar-refractivity contribution is -0.426. The van der Waals surface area contributed by atoms with Crippen molar-refractivity contribution < 1.29 is 125 Å². The summed E-state index contributed by atoms with van der Waals surface area (Å²) in [5, 5.41) is 9.72. The van der Waals surface area contributed by atoms with Crippen LogP contribution < -0.4 is 0 Å². The van der Waals surface area contributed by atoms with Gasteiger partial charge in [-0.3, -0.25) is 4.55 Å². The molecule has 2 atom stereocenters. The molecule has 0 bridgehead atoms. The number of benzene rings is 4. The monoisotopic (exact) mass is 948 g/mol. The maximum atomic E-state index is 16.9. The van der Waals surface area contributed by atoms with Crippen LogP contribution >= 0.6 is 0 Å². The number of aliphatic hydroxyl groups is 2. The summed E-state index contributed by atoms with van der Waals surface area (Å²) in [6, 6.07) is -1.57. The topological polar surface area (TPSA) is 113 Å². The lowest BCUT2D eigenvalue weighted by Gasteiger charge is -2.38. The zero-order chi connectivity index (χ0) is 47.4. The molecule has 0 aliphatic carbocycles. The molecule has 0 aliphatic rings. The lowest BCUT2D eigenvalue weighted by Crippen LogP contribution is -2.66. The summed E-state index contributed by atoms with van der Waals surface area (Å²) in [7, 11) is -6.20. The first-order valence-corrected chi connectivity index (χ1v) is 17.4. The van der Waals surface area contributed by atoms with Gasteiger partial charge >= 0.3 is 48.6 Å². The Balaban J connectivity index is 2.34. The molecule has 4 aromatic rings. The van der Waals surface area contributed by atoms with E-state index in [9.17, 15) is 102 Å². The van der Waals surface area contributed by atoms with Gasteiger partial charge < -0.3 is 19.7 Å². The molecule has 61 heavy (non-hydrogen) atoms. The summed E-state index contributed by atoms with van der Waals surface area (Å²) in [5.41, 5.74) is -20.9. The number of hydrogen-bond acceptors (Lipinski definition) is 6. The maximum absolute atomic E-state index is 16.9. The van der Waals surface area contributed by atoms with E-state index in [1.54, 1.807) is 0 Å². The number of alkyl halides is 20. The van der Waals surface area contributed by atoms with Crippen molar-refractivity contribution in [3.63, 3.8) is 0 Å². The van der Waals surface area contributed by atoms with Gasteiger partial charge in [0.15, 0.2) is 0 Å². The van der Waals surface area contributed by atoms with Crippen molar-refractivity contribution in [3.05, 3.63) is 52.3 Å². The van der Waals surface area contributed by atoms with E-state index in [4.69, 9.17) is 4.74 Å². The molecular weight excluding hydrogens is 927 g/mol. The highest BCUT2D eigenvalue weighted by Crippen LogP contribution is 2.58. The Morgan fingerprint density at radius 1 is 0.623 bits per heavy atom. The molecule has 4 aromatic carbocycles. The van der Waals surface area contributed by atoms with Gasteiger partial charge in [0, 0.05) is 28.3 Å². The number of hydrogen-bond donors (Lipinski definition) is 3. The molecule has 29 heteroatoms. The first-order chi connectivity index (χ1) is 27.0. The van der Waals surface area contributed by atoms with Crippen LogP contribution in [0.3, 0.4) is 0 Å². The Bertz CT molecular complexity index is 2380. The Hall–Kier alpha value is -3.80. The fraction of sp³-hybridized carbons (Fsp3) is 0.500. The number of rotatable bonds is 11. The van der Waals surface area contributed by atoms with Gasteiger partial charge in [-0.05, 0) is 65.2 Å². The highest BCUT2D eigenvalue weighted by Gasteiger charge is 2.82.